The van der Waals surface area contributed by atoms with Gasteiger partial charge in [-0.15, -0.1) is 0 Å². The molecule has 0 aromatic heterocycles. The molecule has 1 saturated heterocycles. The Balaban J connectivity index is 0.000000370. The van der Waals surface area contributed by atoms with Gasteiger partial charge in [0.05, 0.1) is 6.04 Å². The first-order valence-corrected chi connectivity index (χ1v) is 10.1. The summed E-state index contributed by atoms with van der Waals surface area (Å²) in [6, 6.07) is 3.79. The van der Waals surface area contributed by atoms with Crippen LogP contribution in [0.25, 0.3) is 0 Å². The van der Waals surface area contributed by atoms with Crippen LogP contribution in [0.1, 0.15) is 43.4 Å². The Labute approximate surface area is 177 Å². The van der Waals surface area contributed by atoms with E-state index in [1.54, 1.807) is 6.07 Å². The second kappa shape index (κ2) is 10.00. The molecule has 2 aliphatic rings. The fourth-order valence-corrected chi connectivity index (χ4v) is 4.40. The summed E-state index contributed by atoms with van der Waals surface area (Å²) in [7, 11) is 0. The molecular formula is C19H23Cl2F3N2O3. The lowest BCUT2D eigenvalue weighted by molar-refractivity contribution is -0.192. The topological polar surface area (TPSA) is 69.6 Å². The van der Waals surface area contributed by atoms with E-state index in [1.807, 2.05) is 11.0 Å². The maximum Gasteiger partial charge on any atom is 0.490 e. The van der Waals surface area contributed by atoms with Gasteiger partial charge in [-0.1, -0.05) is 23.2 Å². The summed E-state index contributed by atoms with van der Waals surface area (Å²) in [6.07, 6.45) is -1.26. The first-order chi connectivity index (χ1) is 13.5. The van der Waals surface area contributed by atoms with E-state index in [0.29, 0.717) is 10.0 Å². The molecule has 2 aliphatic heterocycles. The van der Waals surface area contributed by atoms with Crippen LogP contribution in [0.5, 0.6) is 0 Å². The van der Waals surface area contributed by atoms with Gasteiger partial charge in [-0.05, 0) is 69.0 Å². The van der Waals surface area contributed by atoms with E-state index in [2.05, 4.69) is 12.2 Å². The lowest BCUT2D eigenvalue weighted by Crippen LogP contribution is -2.42. The fourth-order valence-electron chi connectivity index (χ4n) is 3.70. The molecule has 0 spiro atoms. The molecule has 0 aliphatic carbocycles. The van der Waals surface area contributed by atoms with Gasteiger partial charge in [0, 0.05) is 22.5 Å². The number of nitrogens with one attached hydrogen (secondary N) is 1. The minimum atomic E-state index is -5.08. The number of halogens is 5. The Kier molecular flexibility index (Phi) is 8.19. The van der Waals surface area contributed by atoms with Gasteiger partial charge in [0.2, 0.25) is 5.91 Å². The van der Waals surface area contributed by atoms with Gasteiger partial charge >= 0.3 is 12.1 Å². The van der Waals surface area contributed by atoms with Crippen LogP contribution in [-0.4, -0.2) is 47.7 Å². The highest BCUT2D eigenvalue weighted by atomic mass is 35.5. The third-order valence-corrected chi connectivity index (χ3v) is 5.67. The van der Waals surface area contributed by atoms with Crippen molar-refractivity contribution in [2.24, 2.45) is 5.92 Å². The van der Waals surface area contributed by atoms with E-state index in [9.17, 15) is 18.0 Å². The summed E-state index contributed by atoms with van der Waals surface area (Å²) < 4.78 is 31.7. The lowest BCUT2D eigenvalue weighted by Gasteiger charge is -2.38. The molecule has 1 aromatic rings. The smallest absolute Gasteiger partial charge is 0.475 e. The van der Waals surface area contributed by atoms with Crippen molar-refractivity contribution in [1.82, 2.24) is 10.2 Å². The highest BCUT2D eigenvalue weighted by Gasteiger charge is 2.38. The molecule has 3 rings (SSSR count). The molecule has 2 atom stereocenters. The normalized spacial score (nSPS) is 22.1. The van der Waals surface area contributed by atoms with Crippen molar-refractivity contribution < 1.29 is 27.9 Å². The molecule has 29 heavy (non-hydrogen) atoms. The first kappa shape index (κ1) is 23.8. The van der Waals surface area contributed by atoms with Gasteiger partial charge < -0.3 is 15.3 Å². The molecule has 2 N–H and O–H groups in total. The molecule has 162 valence electrons. The van der Waals surface area contributed by atoms with Crippen LogP contribution in [0.4, 0.5) is 13.2 Å². The molecule has 2 heterocycles. The average Bonchev–Trinajstić information content (AvgIpc) is 2.90. The van der Waals surface area contributed by atoms with Crippen LogP contribution in [0.15, 0.2) is 12.1 Å². The standard InChI is InChI=1S/C17H22Cl2N2O.C2HF3O2/c1-11-16-13(9-14(18)10-15(16)19)5-8-21(11)17(22)12-3-2-6-20-7-4-12;3-2(4,5)1(6)7/h9-12,20H,2-8H2,1H3;(H,6,7)/t11-,12?;/m0./s1. The summed E-state index contributed by atoms with van der Waals surface area (Å²) >= 11 is 12.5. The van der Waals surface area contributed by atoms with Crippen molar-refractivity contribution in [3.63, 3.8) is 0 Å². The predicted molar refractivity (Wildman–Crippen MR) is 104 cm³/mol. The average molecular weight is 455 g/mol. The largest absolute Gasteiger partial charge is 0.490 e. The van der Waals surface area contributed by atoms with E-state index in [1.165, 1.54) is 5.56 Å². The number of nitrogens with zero attached hydrogens (tertiary/aromatic N) is 1. The number of alkyl halides is 3. The quantitative estimate of drug-likeness (QED) is 0.656. The van der Waals surface area contributed by atoms with E-state index in [0.717, 1.165) is 50.9 Å². The molecule has 0 bridgehead atoms. The second-order valence-corrected chi connectivity index (χ2v) is 7.94. The summed E-state index contributed by atoms with van der Waals surface area (Å²) in [4.78, 5) is 23.8. The Morgan fingerprint density at radius 1 is 1.21 bits per heavy atom. The monoisotopic (exact) mass is 454 g/mol. The Bertz CT molecular complexity index is 751. The Morgan fingerprint density at radius 2 is 1.86 bits per heavy atom. The molecule has 0 radical (unpaired) electrons. The maximum atomic E-state index is 12.9. The molecule has 1 amide bonds. The summed E-state index contributed by atoms with van der Waals surface area (Å²) in [6.45, 7) is 4.79. The number of fused-ring (bicyclic) bond motifs is 1. The van der Waals surface area contributed by atoms with Crippen molar-refractivity contribution in [2.75, 3.05) is 19.6 Å². The molecule has 1 aromatic carbocycles. The summed E-state index contributed by atoms with van der Waals surface area (Å²) in [5.41, 5.74) is 2.24. The van der Waals surface area contributed by atoms with Gasteiger partial charge in [-0.3, -0.25) is 4.79 Å². The van der Waals surface area contributed by atoms with Gasteiger partial charge in [0.25, 0.3) is 0 Å². The zero-order chi connectivity index (χ0) is 21.8. The van der Waals surface area contributed by atoms with Crippen molar-refractivity contribution in [3.05, 3.63) is 33.3 Å². The summed E-state index contributed by atoms with van der Waals surface area (Å²) in [5.74, 6) is -2.33. The molecule has 0 saturated carbocycles. The van der Waals surface area contributed by atoms with Crippen LogP contribution in [0.3, 0.4) is 0 Å². The fraction of sp³-hybridized carbons (Fsp3) is 0.579. The minimum Gasteiger partial charge on any atom is -0.475 e. The van der Waals surface area contributed by atoms with E-state index in [-0.39, 0.29) is 17.9 Å². The Hall–Kier alpha value is -1.51. The van der Waals surface area contributed by atoms with Crippen LogP contribution in [-0.2, 0) is 16.0 Å². The highest BCUT2D eigenvalue weighted by Crippen LogP contribution is 2.38. The molecule has 5 nitrogen and oxygen atoms in total. The number of hydrogen-bond acceptors (Lipinski definition) is 3. The van der Waals surface area contributed by atoms with E-state index >= 15 is 0 Å². The molecule has 1 unspecified atom stereocenters. The Morgan fingerprint density at radius 3 is 2.48 bits per heavy atom. The van der Waals surface area contributed by atoms with Gasteiger partial charge in [0.1, 0.15) is 0 Å². The van der Waals surface area contributed by atoms with Crippen molar-refractivity contribution >= 4 is 35.1 Å². The lowest BCUT2D eigenvalue weighted by atomic mass is 9.90. The van der Waals surface area contributed by atoms with Crippen molar-refractivity contribution in [1.29, 1.82) is 0 Å². The number of carbonyl (C=O) groups excluding carboxylic acids is 1. The van der Waals surface area contributed by atoms with Crippen LogP contribution in [0.2, 0.25) is 10.0 Å². The zero-order valence-corrected chi connectivity index (χ0v) is 17.4. The number of carboxylic acid groups (broad SMARTS) is 1. The number of hydrogen-bond donors (Lipinski definition) is 2. The zero-order valence-electron chi connectivity index (χ0n) is 15.9. The van der Waals surface area contributed by atoms with E-state index in [4.69, 9.17) is 33.1 Å². The maximum absolute atomic E-state index is 12.9. The highest BCUT2D eigenvalue weighted by molar-refractivity contribution is 6.35. The molecular weight excluding hydrogens is 432 g/mol. The number of aliphatic carboxylic acids is 1. The van der Waals surface area contributed by atoms with Gasteiger partial charge in [-0.2, -0.15) is 13.2 Å². The van der Waals surface area contributed by atoms with Crippen molar-refractivity contribution in [3.8, 4) is 0 Å². The van der Waals surface area contributed by atoms with Crippen LogP contribution < -0.4 is 5.32 Å². The molecule has 1 fully saturated rings. The number of carboxylic acids is 1. The van der Waals surface area contributed by atoms with Crippen molar-refractivity contribution in [2.45, 2.75) is 44.8 Å². The van der Waals surface area contributed by atoms with Crippen LogP contribution in [0, 0.1) is 5.92 Å². The number of benzene rings is 1. The molecule has 10 heteroatoms. The number of amides is 1. The third kappa shape index (κ3) is 6.23. The van der Waals surface area contributed by atoms with Crippen LogP contribution >= 0.6 is 23.2 Å². The third-order valence-electron chi connectivity index (χ3n) is 5.14. The number of rotatable bonds is 1. The van der Waals surface area contributed by atoms with E-state index < -0.39 is 12.1 Å². The van der Waals surface area contributed by atoms with Gasteiger partial charge in [0.15, 0.2) is 0 Å². The van der Waals surface area contributed by atoms with Gasteiger partial charge in [-0.25, -0.2) is 4.79 Å². The predicted octanol–water partition coefficient (Wildman–Crippen LogP) is 4.46. The summed E-state index contributed by atoms with van der Waals surface area (Å²) in [5, 5.41) is 11.8. The number of carbonyl (C=O) groups is 2. The second-order valence-electron chi connectivity index (χ2n) is 7.10. The first-order valence-electron chi connectivity index (χ1n) is 9.31. The SMILES string of the molecule is C[C@H]1c2c(Cl)cc(Cl)cc2CCN1C(=O)C1CCCNCC1.O=C(O)C(F)(F)F. The minimum absolute atomic E-state index is 0.0252.